The minimum Gasteiger partial charge on any atom is -0.493 e. The van der Waals surface area contributed by atoms with Gasteiger partial charge in [-0.2, -0.15) is 0 Å². The van der Waals surface area contributed by atoms with Gasteiger partial charge in [0.2, 0.25) is 0 Å². The average Bonchev–Trinajstić information content (AvgIpc) is 2.39. The molecule has 1 aromatic carbocycles. The topological polar surface area (TPSA) is 50.7 Å². The molecule has 0 radical (unpaired) electrons. The number of nitrogens with one attached hydrogen (secondary N) is 1. The van der Waals surface area contributed by atoms with E-state index in [1.165, 1.54) is 0 Å². The molecule has 0 atom stereocenters. The number of rotatable bonds is 7. The normalized spacial score (nSPS) is 16.6. The molecule has 4 nitrogen and oxygen atoms in total. The lowest BCUT2D eigenvalue weighted by Crippen LogP contribution is -2.45. The van der Waals surface area contributed by atoms with Gasteiger partial charge in [0, 0.05) is 13.1 Å². The quantitative estimate of drug-likeness (QED) is 0.799. The lowest BCUT2D eigenvalue weighted by atomic mass is 9.80. The summed E-state index contributed by atoms with van der Waals surface area (Å²) in [5.74, 6) is 1.46. The Labute approximate surface area is 128 Å². The van der Waals surface area contributed by atoms with Crippen molar-refractivity contribution in [2.45, 2.75) is 38.3 Å². The first-order valence-corrected chi connectivity index (χ1v) is 7.79. The first kappa shape index (κ1) is 15.6. The molecule has 5 heteroatoms. The van der Waals surface area contributed by atoms with Crippen molar-refractivity contribution in [1.82, 2.24) is 5.32 Å². The van der Waals surface area contributed by atoms with Crippen molar-refractivity contribution < 1.29 is 14.6 Å². The van der Waals surface area contributed by atoms with Crippen LogP contribution in [-0.4, -0.2) is 31.0 Å². The molecule has 1 aromatic rings. The van der Waals surface area contributed by atoms with Crippen LogP contribution in [0.5, 0.6) is 11.5 Å². The number of ether oxygens (including phenoxy) is 2. The third-order valence-electron chi connectivity index (χ3n) is 3.65. The molecule has 1 fully saturated rings. The molecule has 0 saturated heterocycles. The predicted molar refractivity (Wildman–Crippen MR) is 82.4 cm³/mol. The highest BCUT2D eigenvalue weighted by Gasteiger charge is 2.33. The number of benzene rings is 1. The van der Waals surface area contributed by atoms with Gasteiger partial charge in [-0.25, -0.2) is 0 Å². The Morgan fingerprint density at radius 3 is 2.70 bits per heavy atom. The number of hydrogen-bond donors (Lipinski definition) is 2. The summed E-state index contributed by atoms with van der Waals surface area (Å²) in [5.41, 5.74) is 0.604. The van der Waals surface area contributed by atoms with Crippen LogP contribution in [0.2, 0.25) is 0 Å². The Kier molecular flexibility index (Phi) is 5.29. The summed E-state index contributed by atoms with van der Waals surface area (Å²) in [4.78, 5) is 0. The average molecular weight is 344 g/mol. The summed E-state index contributed by atoms with van der Waals surface area (Å²) in [6.45, 7) is 3.88. The highest BCUT2D eigenvalue weighted by atomic mass is 79.9. The molecule has 1 saturated carbocycles. The van der Waals surface area contributed by atoms with Gasteiger partial charge in [0.1, 0.15) is 0 Å². The molecule has 0 aromatic heterocycles. The summed E-state index contributed by atoms with van der Waals surface area (Å²) in [6.07, 6.45) is 2.92. The zero-order valence-corrected chi connectivity index (χ0v) is 13.6. The number of halogens is 1. The van der Waals surface area contributed by atoms with E-state index in [0.29, 0.717) is 19.7 Å². The predicted octanol–water partition coefficient (Wildman–Crippen LogP) is 2.86. The van der Waals surface area contributed by atoms with Crippen molar-refractivity contribution in [3.05, 3.63) is 22.2 Å². The highest BCUT2D eigenvalue weighted by Crippen LogP contribution is 2.36. The van der Waals surface area contributed by atoms with Gasteiger partial charge in [0.25, 0.3) is 0 Å². The first-order chi connectivity index (χ1) is 9.58. The van der Waals surface area contributed by atoms with E-state index in [9.17, 15) is 5.11 Å². The Hall–Kier alpha value is -0.780. The van der Waals surface area contributed by atoms with Gasteiger partial charge in [-0.3, -0.25) is 0 Å². The van der Waals surface area contributed by atoms with Gasteiger partial charge >= 0.3 is 0 Å². The van der Waals surface area contributed by atoms with Gasteiger partial charge < -0.3 is 19.9 Å². The fourth-order valence-electron chi connectivity index (χ4n) is 2.36. The van der Waals surface area contributed by atoms with Crippen LogP contribution in [0.1, 0.15) is 31.7 Å². The fourth-order valence-corrected chi connectivity index (χ4v) is 2.96. The van der Waals surface area contributed by atoms with E-state index in [2.05, 4.69) is 21.2 Å². The summed E-state index contributed by atoms with van der Waals surface area (Å²) in [7, 11) is 1.64. The molecule has 0 unspecified atom stereocenters. The van der Waals surface area contributed by atoms with Crippen molar-refractivity contribution >= 4 is 15.9 Å². The second-order valence-corrected chi connectivity index (χ2v) is 6.08. The van der Waals surface area contributed by atoms with Crippen LogP contribution in [0.15, 0.2) is 16.6 Å². The van der Waals surface area contributed by atoms with Crippen LogP contribution >= 0.6 is 15.9 Å². The van der Waals surface area contributed by atoms with Gasteiger partial charge in [0.05, 0.1) is 23.8 Å². The molecule has 0 bridgehead atoms. The molecular weight excluding hydrogens is 322 g/mol. The lowest BCUT2D eigenvalue weighted by Gasteiger charge is -2.36. The third kappa shape index (κ3) is 3.65. The molecule has 112 valence electrons. The lowest BCUT2D eigenvalue weighted by molar-refractivity contribution is -0.0314. The van der Waals surface area contributed by atoms with Crippen molar-refractivity contribution in [2.24, 2.45) is 0 Å². The number of aliphatic hydroxyl groups is 1. The molecule has 0 spiro atoms. The second kappa shape index (κ2) is 6.78. The van der Waals surface area contributed by atoms with Gasteiger partial charge in [-0.1, -0.05) is 0 Å². The van der Waals surface area contributed by atoms with Gasteiger partial charge in [-0.05, 0) is 59.8 Å². The molecule has 0 amide bonds. The first-order valence-electron chi connectivity index (χ1n) is 7.00. The molecule has 0 aliphatic heterocycles. The maximum atomic E-state index is 10.0. The standard InChI is InChI=1S/C15H22BrNO3/c1-3-20-14-12(16)7-11(8-13(14)19-2)9-17-10-15(18)5-4-6-15/h7-8,17-18H,3-6,9-10H2,1-2H3. The molecule has 0 heterocycles. The largest absolute Gasteiger partial charge is 0.493 e. The van der Waals surface area contributed by atoms with E-state index in [-0.39, 0.29) is 0 Å². The number of methoxy groups -OCH3 is 1. The summed E-state index contributed by atoms with van der Waals surface area (Å²) >= 11 is 3.51. The van der Waals surface area contributed by atoms with Crippen LogP contribution in [0.25, 0.3) is 0 Å². The van der Waals surface area contributed by atoms with Gasteiger partial charge in [-0.15, -0.1) is 0 Å². The van der Waals surface area contributed by atoms with E-state index in [1.807, 2.05) is 19.1 Å². The summed E-state index contributed by atoms with van der Waals surface area (Å²) in [5, 5.41) is 13.3. The minimum absolute atomic E-state index is 0.493. The summed E-state index contributed by atoms with van der Waals surface area (Å²) < 4.78 is 11.8. The Morgan fingerprint density at radius 1 is 1.40 bits per heavy atom. The van der Waals surface area contributed by atoms with Crippen molar-refractivity contribution in [1.29, 1.82) is 0 Å². The van der Waals surface area contributed by atoms with E-state index in [1.54, 1.807) is 7.11 Å². The molecule has 1 aliphatic rings. The van der Waals surface area contributed by atoms with Crippen molar-refractivity contribution in [2.75, 3.05) is 20.3 Å². The van der Waals surface area contributed by atoms with E-state index in [4.69, 9.17) is 9.47 Å². The Bertz CT molecular complexity index is 461. The van der Waals surface area contributed by atoms with Crippen LogP contribution in [-0.2, 0) is 6.54 Å². The Balaban J connectivity index is 1.99. The van der Waals surface area contributed by atoms with Crippen LogP contribution < -0.4 is 14.8 Å². The SMILES string of the molecule is CCOc1c(Br)cc(CNCC2(O)CCC2)cc1OC. The smallest absolute Gasteiger partial charge is 0.175 e. The zero-order valence-electron chi connectivity index (χ0n) is 12.0. The minimum atomic E-state index is -0.493. The van der Waals surface area contributed by atoms with E-state index >= 15 is 0 Å². The fraction of sp³-hybridized carbons (Fsp3) is 0.600. The maximum Gasteiger partial charge on any atom is 0.175 e. The Morgan fingerprint density at radius 2 is 2.15 bits per heavy atom. The molecule has 2 N–H and O–H groups in total. The molecule has 2 rings (SSSR count). The zero-order chi connectivity index (χ0) is 14.6. The van der Waals surface area contributed by atoms with Crippen LogP contribution in [0.4, 0.5) is 0 Å². The van der Waals surface area contributed by atoms with E-state index < -0.39 is 5.60 Å². The molecule has 1 aliphatic carbocycles. The monoisotopic (exact) mass is 343 g/mol. The highest BCUT2D eigenvalue weighted by molar-refractivity contribution is 9.10. The van der Waals surface area contributed by atoms with Crippen molar-refractivity contribution in [3.63, 3.8) is 0 Å². The maximum absolute atomic E-state index is 10.0. The molecule has 20 heavy (non-hydrogen) atoms. The van der Waals surface area contributed by atoms with E-state index in [0.717, 1.165) is 40.8 Å². The summed E-state index contributed by atoms with van der Waals surface area (Å²) in [6, 6.07) is 3.99. The van der Waals surface area contributed by atoms with Crippen molar-refractivity contribution in [3.8, 4) is 11.5 Å². The molecular formula is C15H22BrNO3. The number of hydrogen-bond acceptors (Lipinski definition) is 4. The van der Waals surface area contributed by atoms with Crippen LogP contribution in [0.3, 0.4) is 0 Å². The second-order valence-electron chi connectivity index (χ2n) is 5.22. The van der Waals surface area contributed by atoms with Gasteiger partial charge in [0.15, 0.2) is 11.5 Å². The third-order valence-corrected chi connectivity index (χ3v) is 4.23. The van der Waals surface area contributed by atoms with Crippen LogP contribution in [0, 0.1) is 0 Å².